The molecule has 22 heavy (non-hydrogen) atoms. The fourth-order valence-corrected chi connectivity index (χ4v) is 2.36. The molecule has 0 aliphatic carbocycles. The second-order valence-corrected chi connectivity index (χ2v) is 5.58. The summed E-state index contributed by atoms with van der Waals surface area (Å²) in [6.45, 7) is 8.94. The average molecular weight is 300 g/mol. The van der Waals surface area contributed by atoms with Crippen molar-refractivity contribution in [3.05, 3.63) is 64.1 Å². The maximum Gasteiger partial charge on any atom is 0.253 e. The normalized spacial score (nSPS) is 13.2. The molecule has 0 bridgehead atoms. The van der Waals surface area contributed by atoms with E-state index in [2.05, 4.69) is 11.9 Å². The molecule has 1 unspecified atom stereocenters. The van der Waals surface area contributed by atoms with E-state index in [-0.39, 0.29) is 5.56 Å². The molecule has 1 heterocycles. The van der Waals surface area contributed by atoms with Gasteiger partial charge in [0.05, 0.1) is 5.52 Å². The SMILES string of the molecule is C=C(/C=C(\C)C(C)F)Nc1cccc2c1cc(C)c(=O)n2C. The van der Waals surface area contributed by atoms with E-state index in [1.165, 1.54) is 6.92 Å². The third-order valence-electron chi connectivity index (χ3n) is 3.77. The van der Waals surface area contributed by atoms with Gasteiger partial charge in [-0.2, -0.15) is 0 Å². The number of anilines is 1. The lowest BCUT2D eigenvalue weighted by molar-refractivity contribution is 0.411. The minimum atomic E-state index is -1.01. The Labute approximate surface area is 129 Å². The number of fused-ring (bicyclic) bond motifs is 1. The highest BCUT2D eigenvalue weighted by Gasteiger charge is 2.08. The Morgan fingerprint density at radius 3 is 2.77 bits per heavy atom. The van der Waals surface area contributed by atoms with Crippen LogP contribution in [0.1, 0.15) is 19.4 Å². The Kier molecular flexibility index (Phi) is 4.50. The molecule has 116 valence electrons. The van der Waals surface area contributed by atoms with E-state index in [0.717, 1.165) is 16.6 Å². The van der Waals surface area contributed by atoms with E-state index in [9.17, 15) is 9.18 Å². The van der Waals surface area contributed by atoms with Crippen molar-refractivity contribution in [3.63, 3.8) is 0 Å². The van der Waals surface area contributed by atoms with E-state index in [1.807, 2.05) is 24.3 Å². The van der Waals surface area contributed by atoms with Gasteiger partial charge >= 0.3 is 0 Å². The second kappa shape index (κ2) is 6.18. The molecule has 0 aliphatic rings. The Bertz CT molecular complexity index is 816. The number of allylic oxidation sites excluding steroid dienone is 2. The van der Waals surface area contributed by atoms with Gasteiger partial charge in [0.25, 0.3) is 5.56 Å². The largest absolute Gasteiger partial charge is 0.355 e. The van der Waals surface area contributed by atoms with Crippen LogP contribution in [0, 0.1) is 6.92 Å². The van der Waals surface area contributed by atoms with Crippen molar-refractivity contribution in [2.45, 2.75) is 26.9 Å². The fraction of sp³-hybridized carbons (Fsp3) is 0.278. The van der Waals surface area contributed by atoms with Gasteiger partial charge in [-0.1, -0.05) is 12.6 Å². The Morgan fingerprint density at radius 1 is 1.45 bits per heavy atom. The van der Waals surface area contributed by atoms with Gasteiger partial charge in [-0.25, -0.2) is 4.39 Å². The van der Waals surface area contributed by atoms with E-state index < -0.39 is 6.17 Å². The Hall–Kier alpha value is -2.36. The van der Waals surface area contributed by atoms with Crippen molar-refractivity contribution in [2.24, 2.45) is 7.05 Å². The van der Waals surface area contributed by atoms with Crippen LogP contribution in [0.4, 0.5) is 10.1 Å². The quantitative estimate of drug-likeness (QED) is 0.863. The zero-order valence-corrected chi connectivity index (χ0v) is 13.4. The molecule has 0 saturated heterocycles. The topological polar surface area (TPSA) is 34.0 Å². The summed E-state index contributed by atoms with van der Waals surface area (Å²) >= 11 is 0. The summed E-state index contributed by atoms with van der Waals surface area (Å²) in [4.78, 5) is 12.0. The molecule has 0 spiro atoms. The average Bonchev–Trinajstić information content (AvgIpc) is 2.45. The molecule has 0 fully saturated rings. The van der Waals surface area contributed by atoms with Gasteiger partial charge in [-0.15, -0.1) is 0 Å². The molecule has 0 radical (unpaired) electrons. The lowest BCUT2D eigenvalue weighted by atomic mass is 10.1. The number of aromatic nitrogens is 1. The number of aryl methyl sites for hydroxylation is 2. The summed E-state index contributed by atoms with van der Waals surface area (Å²) in [6, 6.07) is 7.55. The number of rotatable bonds is 4. The molecule has 1 atom stereocenters. The summed E-state index contributed by atoms with van der Waals surface area (Å²) in [6.07, 6.45) is 0.687. The van der Waals surface area contributed by atoms with Crippen LogP contribution < -0.4 is 10.9 Å². The predicted molar refractivity (Wildman–Crippen MR) is 91.0 cm³/mol. The number of benzene rings is 1. The van der Waals surface area contributed by atoms with Crippen molar-refractivity contribution >= 4 is 16.6 Å². The molecule has 3 nitrogen and oxygen atoms in total. The van der Waals surface area contributed by atoms with Gasteiger partial charge in [0, 0.05) is 29.4 Å². The summed E-state index contributed by atoms with van der Waals surface area (Å²) in [5, 5.41) is 4.12. The van der Waals surface area contributed by atoms with E-state index in [1.54, 1.807) is 31.5 Å². The van der Waals surface area contributed by atoms with Gasteiger partial charge in [-0.3, -0.25) is 4.79 Å². The van der Waals surface area contributed by atoms with E-state index in [0.29, 0.717) is 16.8 Å². The van der Waals surface area contributed by atoms with Crippen LogP contribution in [-0.4, -0.2) is 10.7 Å². The molecule has 4 heteroatoms. The highest BCUT2D eigenvalue weighted by atomic mass is 19.1. The van der Waals surface area contributed by atoms with Gasteiger partial charge in [0.1, 0.15) is 6.17 Å². The molecule has 0 saturated carbocycles. The zero-order chi connectivity index (χ0) is 16.4. The van der Waals surface area contributed by atoms with Crippen LogP contribution in [0.5, 0.6) is 0 Å². The van der Waals surface area contributed by atoms with Gasteiger partial charge in [0.15, 0.2) is 0 Å². The second-order valence-electron chi connectivity index (χ2n) is 5.58. The summed E-state index contributed by atoms with van der Waals surface area (Å²) in [5.41, 5.74) is 3.58. The number of nitrogens with one attached hydrogen (secondary N) is 1. The number of halogens is 1. The Balaban J connectivity index is 2.47. The van der Waals surface area contributed by atoms with E-state index in [4.69, 9.17) is 0 Å². The lowest BCUT2D eigenvalue weighted by Crippen LogP contribution is -2.19. The molecular weight excluding hydrogens is 279 g/mol. The molecular formula is C18H21FN2O. The first-order chi connectivity index (χ1) is 10.3. The molecule has 1 aromatic heterocycles. The van der Waals surface area contributed by atoms with Gasteiger partial charge in [0.2, 0.25) is 0 Å². The van der Waals surface area contributed by atoms with Crippen LogP contribution in [0.25, 0.3) is 10.9 Å². The highest BCUT2D eigenvalue weighted by Crippen LogP contribution is 2.24. The minimum absolute atomic E-state index is 0.00882. The first-order valence-electron chi connectivity index (χ1n) is 7.19. The van der Waals surface area contributed by atoms with Crippen LogP contribution in [0.15, 0.2) is 53.0 Å². The van der Waals surface area contributed by atoms with Crippen molar-refractivity contribution in [2.75, 3.05) is 5.32 Å². The standard InChI is InChI=1S/C18H21FN2O/c1-11(14(4)19)9-13(3)20-16-7-6-8-17-15(16)10-12(2)18(22)21(17)5/h6-10,14,20H,3H2,1-2,4-5H3/b11-9+. The third kappa shape index (κ3) is 3.11. The number of hydrogen-bond donors (Lipinski definition) is 1. The molecule has 0 aliphatic heterocycles. The molecule has 1 N–H and O–H groups in total. The first-order valence-corrected chi connectivity index (χ1v) is 7.19. The van der Waals surface area contributed by atoms with Crippen molar-refractivity contribution in [1.29, 1.82) is 0 Å². The van der Waals surface area contributed by atoms with Crippen LogP contribution in [-0.2, 0) is 7.05 Å². The first kappa shape index (κ1) is 16.0. The lowest BCUT2D eigenvalue weighted by Gasteiger charge is -2.13. The molecule has 1 aromatic carbocycles. The molecule has 2 rings (SSSR count). The molecule has 2 aromatic rings. The number of nitrogens with zero attached hydrogens (tertiary/aromatic N) is 1. The number of alkyl halides is 1. The smallest absolute Gasteiger partial charge is 0.253 e. The minimum Gasteiger partial charge on any atom is -0.355 e. The van der Waals surface area contributed by atoms with Crippen LogP contribution >= 0.6 is 0 Å². The third-order valence-corrected chi connectivity index (χ3v) is 3.77. The zero-order valence-electron chi connectivity index (χ0n) is 13.4. The maximum atomic E-state index is 13.2. The highest BCUT2D eigenvalue weighted by molar-refractivity contribution is 5.92. The fourth-order valence-electron chi connectivity index (χ4n) is 2.36. The summed E-state index contributed by atoms with van der Waals surface area (Å²) in [5.74, 6) is 0. The molecule has 0 amide bonds. The van der Waals surface area contributed by atoms with Crippen molar-refractivity contribution in [1.82, 2.24) is 4.57 Å². The van der Waals surface area contributed by atoms with E-state index >= 15 is 0 Å². The van der Waals surface area contributed by atoms with Gasteiger partial charge < -0.3 is 9.88 Å². The van der Waals surface area contributed by atoms with Crippen LogP contribution in [0.2, 0.25) is 0 Å². The Morgan fingerprint density at radius 2 is 2.14 bits per heavy atom. The van der Waals surface area contributed by atoms with Gasteiger partial charge in [-0.05, 0) is 50.6 Å². The summed E-state index contributed by atoms with van der Waals surface area (Å²) < 4.78 is 14.9. The summed E-state index contributed by atoms with van der Waals surface area (Å²) in [7, 11) is 1.76. The van der Waals surface area contributed by atoms with Crippen molar-refractivity contribution < 1.29 is 4.39 Å². The van der Waals surface area contributed by atoms with Crippen molar-refractivity contribution in [3.8, 4) is 0 Å². The number of pyridine rings is 1. The predicted octanol–water partition coefficient (Wildman–Crippen LogP) is 4.08. The van der Waals surface area contributed by atoms with Crippen LogP contribution in [0.3, 0.4) is 0 Å². The monoisotopic (exact) mass is 300 g/mol. The number of hydrogen-bond acceptors (Lipinski definition) is 2. The maximum absolute atomic E-state index is 13.2.